The van der Waals surface area contributed by atoms with Crippen LogP contribution in [0.5, 0.6) is 0 Å². The lowest BCUT2D eigenvalue weighted by atomic mass is 9.99. The van der Waals surface area contributed by atoms with Gasteiger partial charge in [-0.15, -0.1) is 0 Å². The third kappa shape index (κ3) is 73.0. The summed E-state index contributed by atoms with van der Waals surface area (Å²) in [5.74, 6) is 0.979. The molecule has 0 amide bonds. The molecule has 0 saturated heterocycles. The molecule has 0 aromatic carbocycles. The highest BCUT2D eigenvalue weighted by Crippen LogP contribution is 2.45. The van der Waals surface area contributed by atoms with E-state index in [-0.39, 0.29) is 25.7 Å². The van der Waals surface area contributed by atoms with Crippen molar-refractivity contribution >= 4 is 39.5 Å². The predicted octanol–water partition coefficient (Wildman–Crippen LogP) is 24.0. The number of unbranched alkanes of at least 4 members (excludes halogenated alkanes) is 43. The Morgan fingerprint density at radius 1 is 0.280 bits per heavy atom. The molecule has 0 rings (SSSR count). The van der Waals surface area contributed by atoms with Crippen LogP contribution in [0.1, 0.15) is 415 Å². The number of hydrogen-bond acceptors (Lipinski definition) is 15. The van der Waals surface area contributed by atoms with E-state index in [0.29, 0.717) is 31.6 Å². The first-order valence-corrected chi connectivity index (χ1v) is 44.7. The van der Waals surface area contributed by atoms with Crippen molar-refractivity contribution in [3.63, 3.8) is 0 Å². The third-order valence-electron chi connectivity index (χ3n) is 19.2. The molecule has 0 bridgehead atoms. The molecule has 0 aliphatic carbocycles. The van der Waals surface area contributed by atoms with Crippen molar-refractivity contribution in [2.45, 2.75) is 433 Å². The van der Waals surface area contributed by atoms with Crippen LogP contribution in [0.2, 0.25) is 0 Å². The van der Waals surface area contributed by atoms with E-state index in [1.807, 2.05) is 0 Å². The normalized spacial score (nSPS) is 14.3. The van der Waals surface area contributed by atoms with Gasteiger partial charge < -0.3 is 33.8 Å². The molecule has 594 valence electrons. The fraction of sp³-hybridized carbons (Fsp3) is 0.951. The fourth-order valence-electron chi connectivity index (χ4n) is 12.4. The summed E-state index contributed by atoms with van der Waals surface area (Å²) < 4.78 is 68.7. The van der Waals surface area contributed by atoms with Crippen molar-refractivity contribution in [1.29, 1.82) is 0 Å². The molecule has 0 spiro atoms. The number of carbonyl (C=O) groups is 4. The van der Waals surface area contributed by atoms with Crippen molar-refractivity contribution in [3.05, 3.63) is 0 Å². The largest absolute Gasteiger partial charge is 0.472 e. The second-order valence-electron chi connectivity index (χ2n) is 30.8. The quantitative estimate of drug-likeness (QED) is 0.0222. The SMILES string of the molecule is CCC(C)CCCCCCCCCCCCCCCCCCCCC(=O)O[C@H](COC(=O)CCCCCCCCCCCCC(C)C)COP(=O)(O)OC[C@@H](O)COP(=O)(O)OC[C@@H](COC(=O)CCCCCCCCC(C)C)OC(=O)CCCCCCCCCCCCCCCC(C)C. The molecule has 6 atom stereocenters. The van der Waals surface area contributed by atoms with E-state index in [1.165, 1.54) is 212 Å². The zero-order valence-electron chi connectivity index (χ0n) is 65.8. The van der Waals surface area contributed by atoms with E-state index in [2.05, 4.69) is 55.4 Å². The number of ether oxygens (including phenoxy) is 4. The van der Waals surface area contributed by atoms with Gasteiger partial charge in [-0.1, -0.05) is 364 Å². The zero-order chi connectivity index (χ0) is 73.8. The lowest BCUT2D eigenvalue weighted by Crippen LogP contribution is -2.30. The minimum Gasteiger partial charge on any atom is -0.462 e. The third-order valence-corrected chi connectivity index (χ3v) is 21.1. The van der Waals surface area contributed by atoms with Gasteiger partial charge in [-0.3, -0.25) is 37.3 Å². The van der Waals surface area contributed by atoms with E-state index in [0.717, 1.165) is 114 Å². The highest BCUT2D eigenvalue weighted by molar-refractivity contribution is 7.47. The summed E-state index contributed by atoms with van der Waals surface area (Å²) in [5.41, 5.74) is 0. The standard InChI is InChI=1S/C81H158O17P2/c1-9-74(8)60-52-44-35-29-22-18-14-12-10-11-13-15-19-23-31-37-47-55-63-80(85)97-76(67-91-78(83)61-53-45-36-30-26-25-28-34-42-50-58-72(4)5)69-95-99(87,88)93-65-75(82)66-94-100(89,90)96-70-77(68-92-79(84)62-54-46-40-39-43-51-59-73(6)7)98-81(86)64-56-48-38-32-24-20-16-17-21-27-33-41-49-57-71(2)3/h71-77,82H,9-70H2,1-8H3,(H,87,88)(H,89,90)/t74?,75-,76-,77-/m1/s1. The summed E-state index contributed by atoms with van der Waals surface area (Å²) in [4.78, 5) is 72.9. The topological polar surface area (TPSA) is 237 Å². The maximum Gasteiger partial charge on any atom is 0.472 e. The Kier molecular flexibility index (Phi) is 68.7. The molecule has 3 unspecified atom stereocenters. The molecule has 0 aliphatic heterocycles. The smallest absolute Gasteiger partial charge is 0.462 e. The van der Waals surface area contributed by atoms with Gasteiger partial charge in [0.25, 0.3) is 0 Å². The lowest BCUT2D eigenvalue weighted by molar-refractivity contribution is -0.161. The van der Waals surface area contributed by atoms with Crippen LogP contribution in [0, 0.1) is 23.7 Å². The molecular weight excluding hydrogens is 1310 g/mol. The number of rotatable bonds is 78. The van der Waals surface area contributed by atoms with E-state index < -0.39 is 97.5 Å². The number of aliphatic hydroxyl groups is 1. The van der Waals surface area contributed by atoms with Gasteiger partial charge in [0.2, 0.25) is 0 Å². The number of carbonyl (C=O) groups excluding carboxylic acids is 4. The van der Waals surface area contributed by atoms with Crippen molar-refractivity contribution in [3.8, 4) is 0 Å². The average Bonchev–Trinajstić information content (AvgIpc) is 0.930. The van der Waals surface area contributed by atoms with Crippen LogP contribution in [-0.4, -0.2) is 96.7 Å². The summed E-state index contributed by atoms with van der Waals surface area (Å²) in [7, 11) is -9.92. The van der Waals surface area contributed by atoms with E-state index >= 15 is 0 Å². The van der Waals surface area contributed by atoms with Crippen LogP contribution >= 0.6 is 15.6 Å². The van der Waals surface area contributed by atoms with Gasteiger partial charge >= 0.3 is 39.5 Å². The van der Waals surface area contributed by atoms with Crippen molar-refractivity contribution < 1.29 is 80.2 Å². The van der Waals surface area contributed by atoms with Crippen LogP contribution in [0.15, 0.2) is 0 Å². The van der Waals surface area contributed by atoms with Crippen LogP contribution < -0.4 is 0 Å². The summed E-state index contributed by atoms with van der Waals surface area (Å²) in [6.07, 6.45) is 57.1. The first-order valence-electron chi connectivity index (χ1n) is 41.7. The molecule has 0 aromatic rings. The molecule has 0 radical (unpaired) electrons. The molecule has 100 heavy (non-hydrogen) atoms. The minimum atomic E-state index is -4.96. The molecule has 0 heterocycles. The number of aliphatic hydroxyl groups excluding tert-OH is 1. The molecule has 3 N–H and O–H groups in total. The Labute approximate surface area is 613 Å². The Bertz CT molecular complexity index is 1960. The van der Waals surface area contributed by atoms with Crippen LogP contribution in [0.4, 0.5) is 0 Å². The molecule has 19 heteroatoms. The summed E-state index contributed by atoms with van der Waals surface area (Å²) >= 11 is 0. The molecule has 0 aromatic heterocycles. The van der Waals surface area contributed by atoms with Crippen molar-refractivity contribution in [2.24, 2.45) is 23.7 Å². The maximum atomic E-state index is 13.1. The molecular formula is C81H158O17P2. The first-order chi connectivity index (χ1) is 48.1. The van der Waals surface area contributed by atoms with Crippen LogP contribution in [0.3, 0.4) is 0 Å². The highest BCUT2D eigenvalue weighted by atomic mass is 31.2. The van der Waals surface area contributed by atoms with Crippen LogP contribution in [0.25, 0.3) is 0 Å². The van der Waals surface area contributed by atoms with Crippen molar-refractivity contribution in [1.82, 2.24) is 0 Å². The zero-order valence-corrected chi connectivity index (χ0v) is 67.6. The van der Waals surface area contributed by atoms with Gasteiger partial charge in [-0.25, -0.2) is 9.13 Å². The van der Waals surface area contributed by atoms with E-state index in [9.17, 15) is 43.2 Å². The first kappa shape index (κ1) is 98.1. The maximum absolute atomic E-state index is 13.1. The van der Waals surface area contributed by atoms with Crippen molar-refractivity contribution in [2.75, 3.05) is 39.6 Å². The molecule has 0 fully saturated rings. The monoisotopic (exact) mass is 1470 g/mol. The van der Waals surface area contributed by atoms with Crippen LogP contribution in [-0.2, 0) is 65.4 Å². The Balaban J connectivity index is 5.19. The van der Waals surface area contributed by atoms with Gasteiger partial charge in [0.1, 0.15) is 19.3 Å². The number of phosphoric ester groups is 2. The molecule has 0 aliphatic rings. The predicted molar refractivity (Wildman–Crippen MR) is 409 cm³/mol. The Morgan fingerprint density at radius 2 is 0.480 bits per heavy atom. The summed E-state index contributed by atoms with van der Waals surface area (Å²) in [6, 6.07) is 0. The Morgan fingerprint density at radius 3 is 0.710 bits per heavy atom. The van der Waals surface area contributed by atoms with Gasteiger partial charge in [-0.2, -0.15) is 0 Å². The summed E-state index contributed by atoms with van der Waals surface area (Å²) in [5, 5.41) is 10.6. The molecule has 0 saturated carbocycles. The average molecular weight is 1470 g/mol. The number of esters is 4. The van der Waals surface area contributed by atoms with Gasteiger partial charge in [0.15, 0.2) is 12.2 Å². The fourth-order valence-corrected chi connectivity index (χ4v) is 14.0. The molecule has 17 nitrogen and oxygen atoms in total. The Hall–Kier alpha value is -1.94. The van der Waals surface area contributed by atoms with E-state index in [1.54, 1.807) is 0 Å². The lowest BCUT2D eigenvalue weighted by Gasteiger charge is -2.21. The minimum absolute atomic E-state index is 0.106. The number of phosphoric acid groups is 2. The second kappa shape index (κ2) is 70.1. The highest BCUT2D eigenvalue weighted by Gasteiger charge is 2.30. The van der Waals surface area contributed by atoms with E-state index in [4.69, 9.17) is 37.0 Å². The second-order valence-corrected chi connectivity index (χ2v) is 33.7. The number of hydrogen-bond donors (Lipinski definition) is 3. The summed E-state index contributed by atoms with van der Waals surface area (Å²) in [6.45, 7) is 14.2. The van der Waals surface area contributed by atoms with Gasteiger partial charge in [0, 0.05) is 25.7 Å². The van der Waals surface area contributed by atoms with Gasteiger partial charge in [0.05, 0.1) is 26.4 Å². The van der Waals surface area contributed by atoms with Gasteiger partial charge in [-0.05, 0) is 49.4 Å².